The lowest BCUT2D eigenvalue weighted by atomic mass is 9.84. The van der Waals surface area contributed by atoms with Gasteiger partial charge in [-0.2, -0.15) is 15.4 Å². The number of benzene rings is 1. The fraction of sp³-hybridized carbons (Fsp3) is 0.576. The Bertz CT molecular complexity index is 1810. The van der Waals surface area contributed by atoms with E-state index < -0.39 is 52.6 Å². The van der Waals surface area contributed by atoms with Crippen LogP contribution in [0.1, 0.15) is 93.7 Å². The number of H-pyrrole nitrogens is 1. The number of ether oxygens (including phenoxy) is 1. The molecule has 17 heteroatoms. The Kier molecular flexibility index (Phi) is 9.89. The van der Waals surface area contributed by atoms with Crippen molar-refractivity contribution in [1.82, 2.24) is 40.6 Å². The van der Waals surface area contributed by atoms with Gasteiger partial charge >= 0.3 is 0 Å². The van der Waals surface area contributed by atoms with Gasteiger partial charge < -0.3 is 25.8 Å². The summed E-state index contributed by atoms with van der Waals surface area (Å²) in [4.78, 5) is 73.4. The summed E-state index contributed by atoms with van der Waals surface area (Å²) in [5, 5.41) is 32.4. The number of nitrogens with one attached hydrogen (secondary N) is 2. The van der Waals surface area contributed by atoms with Gasteiger partial charge in [0, 0.05) is 44.6 Å². The van der Waals surface area contributed by atoms with Gasteiger partial charge in [0.05, 0.1) is 17.9 Å². The molecule has 2 saturated heterocycles. The summed E-state index contributed by atoms with van der Waals surface area (Å²) in [6, 6.07) is 2.96. The number of nitrogens with two attached hydrogens (primary N) is 1. The zero-order valence-corrected chi connectivity index (χ0v) is 28.1. The summed E-state index contributed by atoms with van der Waals surface area (Å²) in [6.07, 6.45) is 6.53. The molecular formula is C33H42N10O7. The molecule has 0 spiro atoms. The van der Waals surface area contributed by atoms with Crippen molar-refractivity contribution in [2.75, 3.05) is 19.8 Å². The molecule has 4 heterocycles. The van der Waals surface area contributed by atoms with E-state index >= 15 is 0 Å². The summed E-state index contributed by atoms with van der Waals surface area (Å²) in [7, 11) is 0. The van der Waals surface area contributed by atoms with Crippen LogP contribution in [-0.2, 0) is 29.5 Å². The quantitative estimate of drug-likeness (QED) is 0.172. The second kappa shape index (κ2) is 14.1. The minimum Gasteiger partial charge on any atom is -0.384 e. The highest BCUT2D eigenvalue weighted by Gasteiger charge is 2.49. The van der Waals surface area contributed by atoms with Gasteiger partial charge in [-0.15, -0.1) is 5.10 Å². The Balaban J connectivity index is 1.36. The van der Waals surface area contributed by atoms with Crippen molar-refractivity contribution in [3.05, 3.63) is 35.7 Å². The minimum atomic E-state index is -1.60. The van der Waals surface area contributed by atoms with E-state index in [-0.39, 0.29) is 62.6 Å². The molecule has 17 nitrogen and oxygen atoms in total. The van der Waals surface area contributed by atoms with Crippen molar-refractivity contribution < 1.29 is 33.8 Å². The third-order valence-corrected chi connectivity index (χ3v) is 10.0. The average molecular weight is 691 g/mol. The third kappa shape index (κ3) is 7.19. The number of ketones is 1. The monoisotopic (exact) mass is 690 g/mol. The van der Waals surface area contributed by atoms with E-state index in [0.717, 1.165) is 32.1 Å². The van der Waals surface area contributed by atoms with Crippen LogP contribution in [0.2, 0.25) is 0 Å². The van der Waals surface area contributed by atoms with Crippen LogP contribution in [0.3, 0.4) is 0 Å². The van der Waals surface area contributed by atoms with E-state index in [4.69, 9.17) is 10.5 Å². The van der Waals surface area contributed by atoms with Gasteiger partial charge in [-0.25, -0.2) is 9.67 Å². The van der Waals surface area contributed by atoms with Gasteiger partial charge in [0.15, 0.2) is 0 Å². The maximum Gasteiger partial charge on any atom is 0.287 e. The first-order chi connectivity index (χ1) is 23.9. The Morgan fingerprint density at radius 1 is 1.10 bits per heavy atom. The van der Waals surface area contributed by atoms with Gasteiger partial charge in [0.2, 0.25) is 11.7 Å². The van der Waals surface area contributed by atoms with Crippen molar-refractivity contribution in [3.63, 3.8) is 0 Å². The molecule has 0 radical (unpaired) electrons. The molecule has 50 heavy (non-hydrogen) atoms. The fourth-order valence-corrected chi connectivity index (χ4v) is 7.27. The topological polar surface area (TPSA) is 241 Å². The van der Waals surface area contributed by atoms with Gasteiger partial charge in [0.1, 0.15) is 33.9 Å². The van der Waals surface area contributed by atoms with Crippen LogP contribution in [0, 0.1) is 5.92 Å². The first kappa shape index (κ1) is 34.9. The fourth-order valence-electron chi connectivity index (χ4n) is 7.27. The van der Waals surface area contributed by atoms with Crippen LogP contribution in [0.5, 0.6) is 0 Å². The van der Waals surface area contributed by atoms with Crippen LogP contribution >= 0.6 is 0 Å². The number of aliphatic imine (C=N–C) groups is 1. The van der Waals surface area contributed by atoms with Crippen molar-refractivity contribution in [2.24, 2.45) is 16.6 Å². The molecule has 0 unspecified atom stereocenters. The van der Waals surface area contributed by atoms with Crippen molar-refractivity contribution in [3.8, 4) is 0 Å². The Hall–Kier alpha value is -4.90. The van der Waals surface area contributed by atoms with E-state index in [0.29, 0.717) is 16.7 Å². The van der Waals surface area contributed by atoms with Crippen LogP contribution < -0.4 is 11.1 Å². The van der Waals surface area contributed by atoms with Crippen molar-refractivity contribution in [1.29, 1.82) is 0 Å². The Labute approximate surface area is 287 Å². The zero-order chi connectivity index (χ0) is 35.6. The smallest absolute Gasteiger partial charge is 0.287 e. The number of likely N-dealkylation sites (tertiary alicyclic amines) is 1. The molecule has 1 saturated carbocycles. The molecule has 1 aromatic carbocycles. The lowest BCUT2D eigenvalue weighted by Gasteiger charge is -2.37. The lowest BCUT2D eigenvalue weighted by Crippen LogP contribution is -2.63. The lowest BCUT2D eigenvalue weighted by molar-refractivity contribution is -0.146. The molecule has 2 aliphatic heterocycles. The number of carbonyl (C=O) groups excluding carboxylic acids is 5. The molecule has 3 fully saturated rings. The number of Topliss-reactive ketones (excluding diaryl/α,β-unsaturated/α-hetero) is 1. The van der Waals surface area contributed by atoms with E-state index in [2.05, 4.69) is 36.0 Å². The Morgan fingerprint density at radius 3 is 2.52 bits per heavy atom. The molecule has 3 aromatic rings. The van der Waals surface area contributed by atoms with Gasteiger partial charge in [-0.1, -0.05) is 37.3 Å². The van der Waals surface area contributed by atoms with E-state index in [1.807, 2.05) is 0 Å². The number of carbonyl (C=O) groups is 5. The van der Waals surface area contributed by atoms with Crippen molar-refractivity contribution >= 4 is 46.2 Å². The molecule has 5 N–H and O–H groups in total. The van der Waals surface area contributed by atoms with Crippen LogP contribution in [-0.4, -0.2) is 107 Å². The third-order valence-electron chi connectivity index (χ3n) is 10.0. The first-order valence-electron chi connectivity index (χ1n) is 17.0. The second-order valence-corrected chi connectivity index (χ2v) is 14.0. The number of amides is 4. The van der Waals surface area contributed by atoms with Crippen LogP contribution in [0.25, 0.3) is 11.0 Å². The molecule has 2 atom stereocenters. The number of primary amides is 1. The average Bonchev–Trinajstić information content (AvgIpc) is 3.87. The highest BCUT2D eigenvalue weighted by molar-refractivity contribution is 6.41. The zero-order valence-electron chi connectivity index (χ0n) is 28.1. The van der Waals surface area contributed by atoms with Crippen molar-refractivity contribution in [2.45, 2.75) is 94.9 Å². The molecule has 4 amide bonds. The number of nitrogens with zero attached hydrogens (tertiary/aromatic N) is 7. The normalized spacial score (nSPS) is 21.7. The summed E-state index contributed by atoms with van der Waals surface area (Å²) in [6.45, 7) is 3.34. The predicted molar refractivity (Wildman–Crippen MR) is 176 cm³/mol. The first-order valence-corrected chi connectivity index (χ1v) is 17.0. The molecular weight excluding hydrogens is 648 g/mol. The molecule has 0 bridgehead atoms. The van der Waals surface area contributed by atoms with E-state index in [1.165, 1.54) is 15.8 Å². The van der Waals surface area contributed by atoms with Gasteiger partial charge in [0.25, 0.3) is 17.7 Å². The number of aromatic amines is 1. The highest BCUT2D eigenvalue weighted by Crippen LogP contribution is 2.34. The number of hydrogen-bond acceptors (Lipinski definition) is 11. The number of rotatable bonds is 10. The molecule has 266 valence electrons. The molecule has 1 aliphatic carbocycles. The molecule has 3 aliphatic rings. The predicted octanol–water partition coefficient (Wildman–Crippen LogP) is 0.890. The number of hydrogen-bond donors (Lipinski definition) is 4. The highest BCUT2D eigenvalue weighted by atomic mass is 16.5. The van der Waals surface area contributed by atoms with Gasteiger partial charge in [-0.05, 0) is 44.4 Å². The molecule has 6 rings (SSSR count). The molecule has 2 aromatic heterocycles. The number of aromatic nitrogens is 6. The maximum atomic E-state index is 14.7. The maximum absolute atomic E-state index is 14.7. The summed E-state index contributed by atoms with van der Waals surface area (Å²) < 4.78 is 6.90. The second-order valence-electron chi connectivity index (χ2n) is 14.0. The number of fused-ring (bicyclic) bond motifs is 1. The van der Waals surface area contributed by atoms with Gasteiger partial charge in [-0.3, -0.25) is 24.0 Å². The number of aliphatic hydroxyl groups is 1. The summed E-state index contributed by atoms with van der Waals surface area (Å²) in [5.74, 6) is -3.95. The van der Waals surface area contributed by atoms with Crippen LogP contribution in [0.4, 0.5) is 0 Å². The summed E-state index contributed by atoms with van der Waals surface area (Å²) in [5.41, 5.74) is 4.09. The van der Waals surface area contributed by atoms with E-state index in [1.54, 1.807) is 32.0 Å². The minimum absolute atomic E-state index is 0.0101. The summed E-state index contributed by atoms with van der Waals surface area (Å²) >= 11 is 0. The standard InChI is InChI=1S/C33H42N10O7/c1-32(2,49)26-17-35-41-43(26)21-16-25(30(47)37-33(27(44)28(34)45)10-12-50-13-11-33)42(18-21)31(48)24(14-19-6-4-3-5-7-19)36-29(46)20-8-9-22-23(15-20)39-40-38-22/h8-9,15,17,19,21,25,49H,3-7,10-14,16,18H2,1-2H3,(H2,34,45)(H,37,47)(H,38,39,40)/t21-,25-/m0/s1. The largest absolute Gasteiger partial charge is 0.384 e. The van der Waals surface area contributed by atoms with Crippen LogP contribution in [0.15, 0.2) is 29.4 Å². The SMILES string of the molecule is CC(C)(O)c1cnnn1[C@H]1C[C@@H](C(=O)NC2(C(=O)C(N)=O)CCOCC2)N(C(=O)C(CC2CCCCC2)=NC(=O)c2ccc3n[nH]nc3c2)C1. The Morgan fingerprint density at radius 2 is 1.82 bits per heavy atom. The van der Waals surface area contributed by atoms with E-state index in [9.17, 15) is 29.1 Å².